The molecule has 4 N–H and O–H groups in total. The second kappa shape index (κ2) is 4.34. The molecule has 1 aromatic carbocycles. The molecule has 0 radical (unpaired) electrons. The summed E-state index contributed by atoms with van der Waals surface area (Å²) in [4.78, 5) is 7.30. The number of amidine groups is 1. The van der Waals surface area contributed by atoms with Gasteiger partial charge in [0.2, 0.25) is 0 Å². The number of nitrogens with two attached hydrogens (primary N) is 1. The maximum atomic E-state index is 7.09. The first-order chi connectivity index (χ1) is 6.25. The van der Waals surface area contributed by atoms with Crippen LogP contribution in [-0.4, -0.2) is 15.1 Å². The van der Waals surface area contributed by atoms with Gasteiger partial charge >= 0.3 is 0 Å². The van der Waals surface area contributed by atoms with Crippen molar-refractivity contribution in [3.63, 3.8) is 0 Å². The molecule has 1 heterocycles. The van der Waals surface area contributed by atoms with E-state index in [4.69, 9.17) is 11.1 Å². The Morgan fingerprint density at radius 2 is 2.14 bits per heavy atom. The summed E-state index contributed by atoms with van der Waals surface area (Å²) in [6.07, 6.45) is 0. The van der Waals surface area contributed by atoms with E-state index in [0.717, 1.165) is 22.8 Å². The van der Waals surface area contributed by atoms with E-state index >= 15 is 0 Å². The minimum Gasteiger partial charge on any atom is -0.378 e. The van der Waals surface area contributed by atoms with Gasteiger partial charge in [0.05, 0.1) is 11.0 Å². The van der Waals surface area contributed by atoms with Crippen molar-refractivity contribution in [2.75, 3.05) is 0 Å². The van der Waals surface area contributed by atoms with Gasteiger partial charge in [-0.1, -0.05) is 12.1 Å². The number of aromatic amines is 1. The Kier molecular flexibility index (Phi) is 3.38. The highest BCUT2D eigenvalue weighted by Gasteiger charge is 2.02. The van der Waals surface area contributed by atoms with Gasteiger partial charge in [-0.25, -0.2) is 4.98 Å². The summed E-state index contributed by atoms with van der Waals surface area (Å²) in [5.74, 6) is 0. The molecule has 14 heavy (non-hydrogen) atoms. The van der Waals surface area contributed by atoms with Gasteiger partial charge < -0.3 is 10.7 Å². The molecule has 1 aromatic heterocycles. The molecule has 0 amide bonds. The second-order valence-corrected chi connectivity index (χ2v) is 3.56. The van der Waals surface area contributed by atoms with Gasteiger partial charge in [0.1, 0.15) is 0 Å². The van der Waals surface area contributed by atoms with Crippen LogP contribution in [-0.2, 0) is 0 Å². The van der Waals surface area contributed by atoms with Crippen LogP contribution in [0.5, 0.6) is 0 Å². The Hall–Kier alpha value is -1.20. The SMILES string of the molecule is Cl.N=C(N)Sc1nc2ccccc2[nH]1. The summed E-state index contributed by atoms with van der Waals surface area (Å²) in [5, 5.41) is 7.79. The summed E-state index contributed by atoms with van der Waals surface area (Å²) in [6, 6.07) is 7.71. The number of nitrogens with one attached hydrogen (secondary N) is 2. The van der Waals surface area contributed by atoms with Crippen molar-refractivity contribution in [3.8, 4) is 0 Å². The Morgan fingerprint density at radius 3 is 2.79 bits per heavy atom. The van der Waals surface area contributed by atoms with Crippen LogP contribution in [0.2, 0.25) is 0 Å². The van der Waals surface area contributed by atoms with E-state index in [9.17, 15) is 0 Å². The first kappa shape index (κ1) is 10.9. The lowest BCUT2D eigenvalue weighted by Gasteiger charge is -1.89. The zero-order valence-electron chi connectivity index (χ0n) is 7.15. The van der Waals surface area contributed by atoms with E-state index in [2.05, 4.69) is 9.97 Å². The molecular formula is C8H9ClN4S. The predicted molar refractivity (Wildman–Crippen MR) is 61.1 cm³/mol. The van der Waals surface area contributed by atoms with Crippen LogP contribution in [0.25, 0.3) is 11.0 Å². The van der Waals surface area contributed by atoms with Crippen LogP contribution in [0, 0.1) is 5.41 Å². The maximum absolute atomic E-state index is 7.09. The molecule has 0 bridgehead atoms. The number of hydrogen-bond acceptors (Lipinski definition) is 3. The minimum absolute atomic E-state index is 0. The molecule has 0 spiro atoms. The van der Waals surface area contributed by atoms with Crippen molar-refractivity contribution in [1.82, 2.24) is 9.97 Å². The fourth-order valence-electron chi connectivity index (χ4n) is 1.08. The largest absolute Gasteiger partial charge is 0.378 e. The first-order valence-corrected chi connectivity index (χ1v) is 4.54. The Balaban J connectivity index is 0.000000980. The van der Waals surface area contributed by atoms with Crippen molar-refractivity contribution < 1.29 is 0 Å². The number of rotatable bonds is 1. The summed E-state index contributed by atoms with van der Waals surface area (Å²) in [7, 11) is 0. The standard InChI is InChI=1S/C8H8N4S.ClH/c9-7(10)13-8-11-5-3-1-2-4-6(5)12-8;/h1-4H,(H3,9,10)(H,11,12);1H. The van der Waals surface area contributed by atoms with E-state index in [0.29, 0.717) is 5.16 Å². The number of para-hydroxylation sites is 2. The fourth-order valence-corrected chi connectivity index (χ4v) is 1.60. The molecule has 2 aromatic rings. The van der Waals surface area contributed by atoms with Crippen molar-refractivity contribution in [2.45, 2.75) is 5.16 Å². The number of thioether (sulfide) groups is 1. The maximum Gasteiger partial charge on any atom is 0.174 e. The molecule has 4 nitrogen and oxygen atoms in total. The predicted octanol–water partition coefficient (Wildman–Crippen LogP) is 1.97. The van der Waals surface area contributed by atoms with Crippen molar-refractivity contribution >= 4 is 40.4 Å². The highest BCUT2D eigenvalue weighted by atomic mass is 35.5. The normalized spacial score (nSPS) is 9.71. The second-order valence-electron chi connectivity index (χ2n) is 2.53. The van der Waals surface area contributed by atoms with Crippen LogP contribution in [0.4, 0.5) is 0 Å². The van der Waals surface area contributed by atoms with Crippen molar-refractivity contribution in [1.29, 1.82) is 5.41 Å². The number of aromatic nitrogens is 2. The molecule has 0 unspecified atom stereocenters. The number of nitrogens with zero attached hydrogens (tertiary/aromatic N) is 1. The molecule has 2 rings (SSSR count). The lowest BCUT2D eigenvalue weighted by Crippen LogP contribution is -2.03. The smallest absolute Gasteiger partial charge is 0.174 e. The van der Waals surface area contributed by atoms with Gasteiger partial charge in [0, 0.05) is 0 Å². The fraction of sp³-hybridized carbons (Fsp3) is 0. The lowest BCUT2D eigenvalue weighted by atomic mass is 10.3. The van der Waals surface area contributed by atoms with Gasteiger partial charge in [-0.05, 0) is 23.9 Å². The summed E-state index contributed by atoms with van der Waals surface area (Å²) >= 11 is 1.12. The van der Waals surface area contributed by atoms with Gasteiger partial charge in [-0.15, -0.1) is 12.4 Å². The molecule has 0 saturated carbocycles. The molecule has 0 fully saturated rings. The summed E-state index contributed by atoms with van der Waals surface area (Å²) < 4.78 is 0. The van der Waals surface area contributed by atoms with E-state index in [1.807, 2.05) is 24.3 Å². The number of hydrogen-bond donors (Lipinski definition) is 3. The van der Waals surface area contributed by atoms with E-state index < -0.39 is 0 Å². The van der Waals surface area contributed by atoms with Gasteiger partial charge in [-0.3, -0.25) is 5.41 Å². The lowest BCUT2D eigenvalue weighted by molar-refractivity contribution is 1.09. The van der Waals surface area contributed by atoms with Gasteiger partial charge in [-0.2, -0.15) is 0 Å². The number of fused-ring (bicyclic) bond motifs is 1. The van der Waals surface area contributed by atoms with E-state index in [1.165, 1.54) is 0 Å². The van der Waals surface area contributed by atoms with Crippen LogP contribution < -0.4 is 5.73 Å². The molecule has 0 atom stereocenters. The Bertz CT molecular complexity index is 420. The quantitative estimate of drug-likeness (QED) is 0.397. The van der Waals surface area contributed by atoms with Gasteiger partial charge in [0.15, 0.2) is 10.3 Å². The molecule has 0 aliphatic rings. The minimum atomic E-state index is 0. The summed E-state index contributed by atoms with van der Waals surface area (Å²) in [5.41, 5.74) is 7.09. The zero-order valence-corrected chi connectivity index (χ0v) is 8.78. The first-order valence-electron chi connectivity index (χ1n) is 3.72. The van der Waals surface area contributed by atoms with Gasteiger partial charge in [0.25, 0.3) is 0 Å². The summed E-state index contributed by atoms with van der Waals surface area (Å²) in [6.45, 7) is 0. The Labute approximate surface area is 91.2 Å². The average Bonchev–Trinajstić information content (AvgIpc) is 2.44. The molecule has 0 aliphatic carbocycles. The third-order valence-corrected chi connectivity index (χ3v) is 2.18. The molecule has 0 aliphatic heterocycles. The van der Waals surface area contributed by atoms with Crippen LogP contribution in [0.1, 0.15) is 0 Å². The third-order valence-electron chi connectivity index (χ3n) is 1.57. The molecule has 0 saturated heterocycles. The highest BCUT2D eigenvalue weighted by molar-refractivity contribution is 8.13. The monoisotopic (exact) mass is 228 g/mol. The number of benzene rings is 1. The molecule has 6 heteroatoms. The topological polar surface area (TPSA) is 78.6 Å². The average molecular weight is 229 g/mol. The van der Waals surface area contributed by atoms with Crippen LogP contribution in [0.3, 0.4) is 0 Å². The number of H-pyrrole nitrogens is 1. The van der Waals surface area contributed by atoms with Crippen molar-refractivity contribution in [3.05, 3.63) is 24.3 Å². The third kappa shape index (κ3) is 2.18. The van der Waals surface area contributed by atoms with Crippen LogP contribution in [0.15, 0.2) is 29.4 Å². The Morgan fingerprint density at radius 1 is 1.43 bits per heavy atom. The highest BCUT2D eigenvalue weighted by Crippen LogP contribution is 2.18. The number of halogens is 1. The van der Waals surface area contributed by atoms with E-state index in [1.54, 1.807) is 0 Å². The van der Waals surface area contributed by atoms with Crippen LogP contribution >= 0.6 is 24.2 Å². The molecular weight excluding hydrogens is 220 g/mol. The van der Waals surface area contributed by atoms with E-state index in [-0.39, 0.29) is 17.6 Å². The zero-order chi connectivity index (χ0) is 9.26. The van der Waals surface area contributed by atoms with Crippen molar-refractivity contribution in [2.24, 2.45) is 5.73 Å². The molecule has 74 valence electrons. The number of imidazole rings is 1.